The van der Waals surface area contributed by atoms with Gasteiger partial charge in [-0.1, -0.05) is 30.3 Å². The van der Waals surface area contributed by atoms with Gasteiger partial charge in [-0.2, -0.15) is 0 Å². The van der Waals surface area contributed by atoms with E-state index in [9.17, 15) is 4.79 Å². The van der Waals surface area contributed by atoms with E-state index in [2.05, 4.69) is 9.97 Å². The second-order valence-electron chi connectivity index (χ2n) is 5.32. The largest absolute Gasteiger partial charge is 0.473 e. The third-order valence-corrected chi connectivity index (χ3v) is 3.56. The molecule has 1 aromatic carbocycles. The van der Waals surface area contributed by atoms with Gasteiger partial charge in [0.25, 0.3) is 5.91 Å². The number of hydrogen-bond acceptors (Lipinski definition) is 4. The summed E-state index contributed by atoms with van der Waals surface area (Å²) < 4.78 is 5.72. The molecule has 5 nitrogen and oxygen atoms in total. The molecule has 2 heterocycles. The van der Waals surface area contributed by atoms with Gasteiger partial charge in [0.15, 0.2) is 0 Å². The van der Waals surface area contributed by atoms with E-state index in [1.54, 1.807) is 24.5 Å². The first-order valence-electron chi connectivity index (χ1n) is 7.58. The number of carbonyl (C=O) groups is 1. The van der Waals surface area contributed by atoms with Crippen molar-refractivity contribution in [1.29, 1.82) is 0 Å². The molecule has 1 amide bonds. The number of amides is 1. The minimum absolute atomic E-state index is 0.432. The first-order valence-corrected chi connectivity index (χ1v) is 7.58. The van der Waals surface area contributed by atoms with Gasteiger partial charge in [-0.25, -0.2) is 4.98 Å². The molecule has 2 aromatic heterocycles. The summed E-state index contributed by atoms with van der Waals surface area (Å²) in [4.78, 5) is 20.0. The summed E-state index contributed by atoms with van der Waals surface area (Å²) in [6.45, 7) is 0.452. The number of benzene rings is 1. The Balaban J connectivity index is 1.73. The molecule has 0 saturated heterocycles. The SMILES string of the molecule is NC(=O)c1cccnc1Cc1ccnc(OCc2ccccc2)c1. The summed E-state index contributed by atoms with van der Waals surface area (Å²) in [5.41, 5.74) is 8.50. The molecule has 5 heteroatoms. The molecule has 120 valence electrons. The van der Waals surface area contributed by atoms with Crippen molar-refractivity contribution in [1.82, 2.24) is 9.97 Å². The van der Waals surface area contributed by atoms with E-state index >= 15 is 0 Å². The Kier molecular flexibility index (Phi) is 4.81. The van der Waals surface area contributed by atoms with Gasteiger partial charge < -0.3 is 10.5 Å². The number of aromatic nitrogens is 2. The molecule has 0 fully saturated rings. The second-order valence-corrected chi connectivity index (χ2v) is 5.32. The number of carbonyl (C=O) groups excluding carboxylic acids is 1. The van der Waals surface area contributed by atoms with Gasteiger partial charge in [0, 0.05) is 24.9 Å². The lowest BCUT2D eigenvalue weighted by Gasteiger charge is -2.08. The zero-order chi connectivity index (χ0) is 16.8. The van der Waals surface area contributed by atoms with Crippen LogP contribution < -0.4 is 10.5 Å². The molecule has 0 bridgehead atoms. The molecule has 0 radical (unpaired) electrons. The molecule has 3 rings (SSSR count). The molecule has 0 aliphatic rings. The van der Waals surface area contributed by atoms with Crippen LogP contribution in [0, 0.1) is 0 Å². The van der Waals surface area contributed by atoms with Crippen LogP contribution in [0.4, 0.5) is 0 Å². The van der Waals surface area contributed by atoms with Crippen LogP contribution in [0.1, 0.15) is 27.2 Å². The first kappa shape index (κ1) is 15.7. The molecule has 0 aliphatic carbocycles. The van der Waals surface area contributed by atoms with Crippen molar-refractivity contribution in [3.8, 4) is 5.88 Å². The summed E-state index contributed by atoms with van der Waals surface area (Å²) in [6.07, 6.45) is 3.82. The Labute approximate surface area is 140 Å². The molecule has 0 spiro atoms. The predicted octanol–water partition coefficient (Wildman–Crippen LogP) is 2.75. The lowest BCUT2D eigenvalue weighted by molar-refractivity contribution is 0.0999. The highest BCUT2D eigenvalue weighted by Crippen LogP contribution is 2.16. The van der Waals surface area contributed by atoms with Crippen LogP contribution in [-0.4, -0.2) is 15.9 Å². The molecular formula is C19H17N3O2. The summed E-state index contributed by atoms with van der Waals surface area (Å²) in [7, 11) is 0. The van der Waals surface area contributed by atoms with Gasteiger partial charge in [0.2, 0.25) is 5.88 Å². The minimum Gasteiger partial charge on any atom is -0.473 e. The predicted molar refractivity (Wildman–Crippen MR) is 90.6 cm³/mol. The fourth-order valence-electron chi connectivity index (χ4n) is 2.37. The highest BCUT2D eigenvalue weighted by molar-refractivity contribution is 5.93. The van der Waals surface area contributed by atoms with E-state index in [-0.39, 0.29) is 0 Å². The smallest absolute Gasteiger partial charge is 0.250 e. The van der Waals surface area contributed by atoms with Crippen LogP contribution in [0.25, 0.3) is 0 Å². The Morgan fingerprint density at radius 1 is 0.958 bits per heavy atom. The number of hydrogen-bond donors (Lipinski definition) is 1. The second kappa shape index (κ2) is 7.37. The number of rotatable bonds is 6. The van der Waals surface area contributed by atoms with Crippen LogP contribution in [0.15, 0.2) is 67.0 Å². The molecule has 0 saturated carbocycles. The Morgan fingerprint density at radius 2 is 1.79 bits per heavy atom. The minimum atomic E-state index is -0.479. The van der Waals surface area contributed by atoms with E-state index in [1.165, 1.54) is 0 Å². The molecule has 0 unspecified atom stereocenters. The van der Waals surface area contributed by atoms with Crippen molar-refractivity contribution in [2.24, 2.45) is 5.73 Å². The van der Waals surface area contributed by atoms with Gasteiger partial charge >= 0.3 is 0 Å². The number of ether oxygens (including phenoxy) is 1. The Hall–Kier alpha value is -3.21. The van der Waals surface area contributed by atoms with Gasteiger partial charge in [-0.3, -0.25) is 9.78 Å². The van der Waals surface area contributed by atoms with E-state index in [0.717, 1.165) is 11.1 Å². The van der Waals surface area contributed by atoms with Crippen molar-refractivity contribution >= 4 is 5.91 Å². The molecule has 0 aliphatic heterocycles. The van der Waals surface area contributed by atoms with Gasteiger partial charge in [0.1, 0.15) is 6.61 Å². The fourth-order valence-corrected chi connectivity index (χ4v) is 2.37. The van der Waals surface area contributed by atoms with Crippen molar-refractivity contribution in [2.75, 3.05) is 0 Å². The van der Waals surface area contributed by atoms with Gasteiger partial charge in [-0.05, 0) is 29.3 Å². The average Bonchev–Trinajstić information content (AvgIpc) is 2.61. The van der Waals surface area contributed by atoms with E-state index in [0.29, 0.717) is 30.2 Å². The summed E-state index contributed by atoms with van der Waals surface area (Å²) >= 11 is 0. The van der Waals surface area contributed by atoms with Gasteiger partial charge in [-0.15, -0.1) is 0 Å². The van der Waals surface area contributed by atoms with Crippen molar-refractivity contribution < 1.29 is 9.53 Å². The fraction of sp³-hybridized carbons (Fsp3) is 0.105. The molecule has 2 N–H and O–H groups in total. The van der Waals surface area contributed by atoms with Crippen LogP contribution in [0.3, 0.4) is 0 Å². The maximum atomic E-state index is 11.5. The Bertz CT molecular complexity index is 835. The maximum absolute atomic E-state index is 11.5. The van der Waals surface area contributed by atoms with Crippen LogP contribution in [-0.2, 0) is 13.0 Å². The third-order valence-electron chi connectivity index (χ3n) is 3.56. The van der Waals surface area contributed by atoms with Crippen LogP contribution in [0.2, 0.25) is 0 Å². The lowest BCUT2D eigenvalue weighted by Crippen LogP contribution is -2.14. The van der Waals surface area contributed by atoms with E-state index in [4.69, 9.17) is 10.5 Å². The van der Waals surface area contributed by atoms with Crippen LogP contribution in [0.5, 0.6) is 5.88 Å². The van der Waals surface area contributed by atoms with Crippen molar-refractivity contribution in [3.63, 3.8) is 0 Å². The quantitative estimate of drug-likeness (QED) is 0.758. The molecule has 3 aromatic rings. The number of pyridine rings is 2. The zero-order valence-electron chi connectivity index (χ0n) is 13.1. The summed E-state index contributed by atoms with van der Waals surface area (Å²) in [5, 5.41) is 0. The first-order chi connectivity index (χ1) is 11.7. The molecule has 0 atom stereocenters. The normalized spacial score (nSPS) is 10.3. The third kappa shape index (κ3) is 3.95. The summed E-state index contributed by atoms with van der Waals surface area (Å²) in [6, 6.07) is 17.0. The number of nitrogens with two attached hydrogens (primary N) is 1. The Morgan fingerprint density at radius 3 is 2.58 bits per heavy atom. The lowest BCUT2D eigenvalue weighted by atomic mass is 10.1. The highest BCUT2D eigenvalue weighted by atomic mass is 16.5. The molecular weight excluding hydrogens is 302 g/mol. The topological polar surface area (TPSA) is 78.1 Å². The highest BCUT2D eigenvalue weighted by Gasteiger charge is 2.10. The monoisotopic (exact) mass is 319 g/mol. The number of nitrogens with zero attached hydrogens (tertiary/aromatic N) is 2. The van der Waals surface area contributed by atoms with Gasteiger partial charge in [0.05, 0.1) is 11.3 Å². The van der Waals surface area contributed by atoms with E-state index in [1.807, 2.05) is 42.5 Å². The number of primary amides is 1. The average molecular weight is 319 g/mol. The summed E-state index contributed by atoms with van der Waals surface area (Å²) in [5.74, 6) is 0.0561. The maximum Gasteiger partial charge on any atom is 0.250 e. The van der Waals surface area contributed by atoms with Crippen molar-refractivity contribution in [3.05, 3.63) is 89.4 Å². The standard InChI is InChI=1S/C19H17N3O2/c20-19(23)16-7-4-9-21-17(16)11-15-8-10-22-18(12-15)24-13-14-5-2-1-3-6-14/h1-10,12H,11,13H2,(H2,20,23). The van der Waals surface area contributed by atoms with E-state index < -0.39 is 5.91 Å². The molecule has 24 heavy (non-hydrogen) atoms. The van der Waals surface area contributed by atoms with Crippen LogP contribution >= 0.6 is 0 Å². The van der Waals surface area contributed by atoms with Crippen molar-refractivity contribution in [2.45, 2.75) is 13.0 Å². The zero-order valence-corrected chi connectivity index (χ0v) is 13.1.